The maximum absolute atomic E-state index is 13.4. The Hall–Kier alpha value is -4.64. The second kappa shape index (κ2) is 13.2. The first kappa shape index (κ1) is 31.8. The van der Waals surface area contributed by atoms with Crippen LogP contribution >= 0.6 is 11.8 Å². The molecule has 0 bridgehead atoms. The first-order valence-electron chi connectivity index (χ1n) is 14.2. The molecule has 0 aromatic carbocycles. The average Bonchev–Trinajstić information content (AvgIpc) is 3.69. The Bertz CT molecular complexity index is 1500. The van der Waals surface area contributed by atoms with Crippen LogP contribution in [0.4, 0.5) is 0 Å². The number of β-lactam (4-membered cyclic amide) rings is 1. The zero-order valence-corrected chi connectivity index (χ0v) is 25.0. The van der Waals surface area contributed by atoms with Crippen LogP contribution in [0.2, 0.25) is 0 Å². The number of amides is 3. The maximum atomic E-state index is 13.4. The molecule has 1 aromatic rings. The molecule has 45 heavy (non-hydrogen) atoms. The number of carbonyl (C=O) groups is 6. The van der Waals surface area contributed by atoms with Crippen molar-refractivity contribution >= 4 is 53.1 Å². The number of carbonyl (C=O) groups excluding carboxylic acids is 3. The molecule has 240 valence electrons. The largest absolute Gasteiger partial charge is 0.480 e. The summed E-state index contributed by atoms with van der Waals surface area (Å²) in [5.41, 5.74) is 0.467. The Morgan fingerprint density at radius 2 is 2.00 bits per heavy atom. The third-order valence-corrected chi connectivity index (χ3v) is 9.30. The SMILES string of the molecule is CC(O/N=C(\C(=O)N[C@H]1C(=O)N2C(C(=O)O)=C(/C=C3\CCCN(C4CCN(CC(=O)O)C4)C3=O)CSC12)c1cc[nH]c1)C(=O)O. The first-order valence-corrected chi connectivity index (χ1v) is 15.3. The number of oxime groups is 1. The molecule has 3 unspecified atom stereocenters. The van der Waals surface area contributed by atoms with Gasteiger partial charge in [0.05, 0.1) is 6.54 Å². The van der Waals surface area contributed by atoms with Gasteiger partial charge >= 0.3 is 17.9 Å². The van der Waals surface area contributed by atoms with Gasteiger partial charge in [-0.2, -0.15) is 0 Å². The lowest BCUT2D eigenvalue weighted by molar-refractivity contribution is -0.150. The number of carboxylic acids is 3. The van der Waals surface area contributed by atoms with Crippen LogP contribution in [0.5, 0.6) is 0 Å². The number of nitrogens with one attached hydrogen (secondary N) is 2. The fourth-order valence-electron chi connectivity index (χ4n) is 5.76. The van der Waals surface area contributed by atoms with E-state index < -0.39 is 47.2 Å². The smallest absolute Gasteiger partial charge is 0.352 e. The summed E-state index contributed by atoms with van der Waals surface area (Å²) >= 11 is 1.23. The molecule has 0 spiro atoms. The van der Waals surface area contributed by atoms with Gasteiger partial charge in [-0.25, -0.2) is 9.59 Å². The maximum Gasteiger partial charge on any atom is 0.352 e. The molecule has 0 aliphatic carbocycles. The molecule has 5 heterocycles. The van der Waals surface area contributed by atoms with Gasteiger partial charge in [-0.15, -0.1) is 11.8 Å². The van der Waals surface area contributed by atoms with Gasteiger partial charge in [0, 0.05) is 55.0 Å². The van der Waals surface area contributed by atoms with E-state index >= 15 is 0 Å². The molecule has 17 heteroatoms. The molecule has 5 N–H and O–H groups in total. The molecule has 0 saturated carbocycles. The minimum Gasteiger partial charge on any atom is -0.480 e. The van der Waals surface area contributed by atoms with Crippen molar-refractivity contribution in [3.05, 3.63) is 46.9 Å². The van der Waals surface area contributed by atoms with Crippen molar-refractivity contribution in [2.75, 3.05) is 31.9 Å². The van der Waals surface area contributed by atoms with Crippen LogP contribution in [-0.4, -0.2) is 132 Å². The van der Waals surface area contributed by atoms with Gasteiger partial charge in [0.1, 0.15) is 17.1 Å². The number of hydrogen-bond donors (Lipinski definition) is 5. The van der Waals surface area contributed by atoms with Crippen molar-refractivity contribution in [2.45, 2.75) is 49.7 Å². The van der Waals surface area contributed by atoms with Crippen LogP contribution in [0.1, 0.15) is 31.7 Å². The number of nitrogens with zero attached hydrogens (tertiary/aromatic N) is 4. The number of fused-ring (bicyclic) bond motifs is 1. The van der Waals surface area contributed by atoms with Crippen LogP contribution in [0, 0.1) is 0 Å². The van der Waals surface area contributed by atoms with Gasteiger partial charge in [-0.1, -0.05) is 5.16 Å². The number of hydrogen-bond acceptors (Lipinski definition) is 10. The number of allylic oxidation sites excluding steroid dienone is 1. The lowest BCUT2D eigenvalue weighted by Crippen LogP contribution is -2.71. The van der Waals surface area contributed by atoms with Gasteiger partial charge in [-0.05, 0) is 43.9 Å². The number of H-pyrrole nitrogens is 1. The van der Waals surface area contributed by atoms with E-state index in [0.717, 1.165) is 4.90 Å². The molecule has 4 atom stereocenters. The Morgan fingerprint density at radius 1 is 1.22 bits per heavy atom. The molecule has 5 rings (SSSR count). The van der Waals surface area contributed by atoms with Crippen molar-refractivity contribution in [2.24, 2.45) is 5.16 Å². The highest BCUT2D eigenvalue weighted by Crippen LogP contribution is 2.41. The molecule has 16 nitrogen and oxygen atoms in total. The van der Waals surface area contributed by atoms with Crippen molar-refractivity contribution in [1.82, 2.24) is 25.0 Å². The molecular weight excluding hydrogens is 612 g/mol. The second-order valence-corrected chi connectivity index (χ2v) is 12.1. The Labute approximate surface area is 260 Å². The lowest BCUT2D eigenvalue weighted by Gasteiger charge is -2.49. The number of carboxylic acid groups (broad SMARTS) is 3. The van der Waals surface area contributed by atoms with E-state index in [1.807, 2.05) is 0 Å². The molecule has 4 aliphatic rings. The normalized spacial score (nSPS) is 25.6. The molecule has 1 aromatic heterocycles. The highest BCUT2D eigenvalue weighted by Gasteiger charge is 2.54. The van der Waals surface area contributed by atoms with E-state index in [4.69, 9.17) is 15.1 Å². The summed E-state index contributed by atoms with van der Waals surface area (Å²) in [4.78, 5) is 86.8. The summed E-state index contributed by atoms with van der Waals surface area (Å²) in [5, 5.41) is 33.8. The van der Waals surface area contributed by atoms with Crippen LogP contribution in [0.15, 0.2) is 46.5 Å². The average molecular weight is 645 g/mol. The van der Waals surface area contributed by atoms with Gasteiger partial charge in [0.2, 0.25) is 12.0 Å². The predicted molar refractivity (Wildman–Crippen MR) is 157 cm³/mol. The number of aromatic nitrogens is 1. The predicted octanol–water partition coefficient (Wildman–Crippen LogP) is -0.345. The zero-order chi connectivity index (χ0) is 32.4. The molecule has 0 radical (unpaired) electrons. The van der Waals surface area contributed by atoms with Gasteiger partial charge in [-0.3, -0.25) is 29.0 Å². The van der Waals surface area contributed by atoms with E-state index in [9.17, 15) is 33.9 Å². The summed E-state index contributed by atoms with van der Waals surface area (Å²) in [5.74, 6) is -5.13. The van der Waals surface area contributed by atoms with E-state index in [1.54, 1.807) is 15.9 Å². The van der Waals surface area contributed by atoms with Gasteiger partial charge in [0.15, 0.2) is 5.71 Å². The van der Waals surface area contributed by atoms with Crippen LogP contribution in [0.3, 0.4) is 0 Å². The lowest BCUT2D eigenvalue weighted by atomic mass is 9.97. The number of aliphatic carboxylic acids is 3. The zero-order valence-electron chi connectivity index (χ0n) is 24.2. The quantitative estimate of drug-likeness (QED) is 0.0903. The molecule has 3 fully saturated rings. The van der Waals surface area contributed by atoms with Crippen molar-refractivity contribution in [1.29, 1.82) is 0 Å². The number of thioether (sulfide) groups is 1. The van der Waals surface area contributed by atoms with Crippen molar-refractivity contribution < 1.29 is 48.9 Å². The van der Waals surface area contributed by atoms with E-state index in [1.165, 1.54) is 37.1 Å². The summed E-state index contributed by atoms with van der Waals surface area (Å²) < 4.78 is 0. The van der Waals surface area contributed by atoms with Gasteiger partial charge < -0.3 is 35.4 Å². The summed E-state index contributed by atoms with van der Waals surface area (Å²) in [6.45, 7) is 2.66. The summed E-state index contributed by atoms with van der Waals surface area (Å²) in [7, 11) is 0. The second-order valence-electron chi connectivity index (χ2n) is 11.0. The summed E-state index contributed by atoms with van der Waals surface area (Å²) in [6, 6.07) is 0.280. The molecule has 4 aliphatic heterocycles. The highest BCUT2D eigenvalue weighted by atomic mass is 32.2. The summed E-state index contributed by atoms with van der Waals surface area (Å²) in [6.07, 6.45) is 4.90. The van der Waals surface area contributed by atoms with Crippen LogP contribution in [-0.2, 0) is 33.6 Å². The topological polar surface area (TPSA) is 222 Å². The van der Waals surface area contributed by atoms with E-state index in [-0.39, 0.29) is 41.2 Å². The standard InChI is InChI=1S/C28H32N6O10S/c1-14(27(40)41)44-31-20(16-4-6-29-10-16)23(37)30-21-25(39)34-22(28(42)43)17(13-45-26(21)34)9-15-3-2-7-33(24(15)38)18-5-8-32(11-18)12-19(35)36/h4,6,9-10,14,18,21,26,29H,2-3,5,7-8,11-13H2,1H3,(H,30,37)(H,35,36)(H,40,41)(H,42,43)/b15-9+,31-20-/t14?,18?,21-,26?/m0/s1. The highest BCUT2D eigenvalue weighted by molar-refractivity contribution is 8.00. The third kappa shape index (κ3) is 6.58. The fraction of sp³-hybridized carbons (Fsp3) is 0.464. The minimum absolute atomic E-state index is 0.0995. The number of rotatable bonds is 11. The number of likely N-dealkylation sites (tertiary alicyclic amines) is 2. The Kier molecular flexibility index (Phi) is 9.29. The Morgan fingerprint density at radius 3 is 2.67 bits per heavy atom. The Balaban J connectivity index is 1.31. The number of aromatic amines is 1. The fourth-order valence-corrected chi connectivity index (χ4v) is 7.07. The monoisotopic (exact) mass is 644 g/mol. The van der Waals surface area contributed by atoms with Gasteiger partial charge in [0.25, 0.3) is 11.8 Å². The molecule has 3 saturated heterocycles. The van der Waals surface area contributed by atoms with Crippen molar-refractivity contribution in [3.8, 4) is 0 Å². The van der Waals surface area contributed by atoms with E-state index in [0.29, 0.717) is 50.0 Å². The van der Waals surface area contributed by atoms with Crippen LogP contribution < -0.4 is 5.32 Å². The first-order chi connectivity index (χ1) is 21.5. The van der Waals surface area contributed by atoms with E-state index in [2.05, 4.69) is 15.5 Å². The molecule has 3 amide bonds. The number of piperidine rings is 1. The third-order valence-electron chi connectivity index (χ3n) is 8.00. The molecular formula is C28H32N6O10S. The van der Waals surface area contributed by atoms with Crippen molar-refractivity contribution in [3.63, 3.8) is 0 Å². The minimum atomic E-state index is -1.35. The van der Waals surface area contributed by atoms with Crippen LogP contribution in [0.25, 0.3) is 0 Å².